The van der Waals surface area contributed by atoms with Gasteiger partial charge in [-0.15, -0.1) is 5.69 Å². The second kappa shape index (κ2) is 13.3. The number of methoxy groups -OCH3 is 1. The average molecular weight is 604 g/mol. The number of ether oxygens (including phenoxy) is 1. The van der Waals surface area contributed by atoms with Gasteiger partial charge in [0.1, 0.15) is 17.3 Å². The van der Waals surface area contributed by atoms with Crippen LogP contribution >= 0.6 is 0 Å². The molecule has 0 fully saturated rings. The predicted molar refractivity (Wildman–Crippen MR) is 174 cm³/mol. The summed E-state index contributed by atoms with van der Waals surface area (Å²) in [5.41, 5.74) is 5.56. The molecule has 6 rings (SSSR count). The van der Waals surface area contributed by atoms with Gasteiger partial charge in [-0.3, -0.25) is 9.59 Å². The molecule has 3 atom stereocenters. The summed E-state index contributed by atoms with van der Waals surface area (Å²) in [7, 11) is 1.48. The van der Waals surface area contributed by atoms with Crippen LogP contribution in [-0.2, 0) is 22.4 Å². The summed E-state index contributed by atoms with van der Waals surface area (Å²) < 4.78 is 5.20. The molecular formula is C37H37N3O5-2. The normalized spacial score (nSPS) is 18.8. The number of allylic oxidation sites excluding steroid dienone is 1. The molecular weight excluding hydrogens is 566 g/mol. The third-order valence-electron chi connectivity index (χ3n) is 9.00. The number of carbonyl (C=O) groups excluding carboxylic acids is 2. The maximum atomic E-state index is 14.2. The molecule has 0 saturated carbocycles. The lowest BCUT2D eigenvalue weighted by Crippen LogP contribution is -2.31. The third kappa shape index (κ3) is 6.75. The van der Waals surface area contributed by atoms with Crippen LogP contribution in [0.15, 0.2) is 78.6 Å². The van der Waals surface area contributed by atoms with Crippen LogP contribution < -0.4 is 9.72 Å². The van der Waals surface area contributed by atoms with Crippen molar-refractivity contribution < 1.29 is 24.5 Å². The van der Waals surface area contributed by atoms with E-state index in [2.05, 4.69) is 22.1 Å². The number of phenolic OH excluding ortho intramolecular Hbond substituents is 2. The van der Waals surface area contributed by atoms with Crippen LogP contribution in [0, 0.1) is 11.8 Å². The highest BCUT2D eigenvalue weighted by Gasteiger charge is 2.36. The summed E-state index contributed by atoms with van der Waals surface area (Å²) in [6, 6.07) is 16.4. The highest BCUT2D eigenvalue weighted by atomic mass is 16.5. The van der Waals surface area contributed by atoms with Crippen LogP contribution in [0.1, 0.15) is 59.5 Å². The lowest BCUT2D eigenvalue weighted by atomic mass is 9.69. The molecule has 0 unspecified atom stereocenters. The van der Waals surface area contributed by atoms with Crippen molar-refractivity contribution in [1.82, 2.24) is 9.97 Å². The van der Waals surface area contributed by atoms with Crippen LogP contribution in [0.4, 0.5) is 5.82 Å². The Bertz CT molecular complexity index is 1730. The maximum Gasteiger partial charge on any atom is 0.160 e. The minimum atomic E-state index is -0.509. The summed E-state index contributed by atoms with van der Waals surface area (Å²) in [6.07, 6.45) is 12.6. The first kappa shape index (κ1) is 30.1. The molecule has 0 spiro atoms. The number of carbonyl (C=O) groups is 2. The molecule has 2 aliphatic rings. The quantitative estimate of drug-likeness (QED) is 0.149. The molecule has 0 saturated heterocycles. The number of hydrogen-bond acceptors (Lipinski definition) is 5. The Labute approximate surface area is 262 Å². The van der Waals surface area contributed by atoms with E-state index in [-0.39, 0.29) is 47.7 Å². The van der Waals surface area contributed by atoms with Crippen LogP contribution in [0.25, 0.3) is 17.5 Å². The predicted octanol–water partition coefficient (Wildman–Crippen LogP) is 7.02. The average Bonchev–Trinajstić information content (AvgIpc) is 3.69. The fourth-order valence-electron chi connectivity index (χ4n) is 6.69. The first-order valence-electron chi connectivity index (χ1n) is 15.4. The molecule has 0 bridgehead atoms. The van der Waals surface area contributed by atoms with Gasteiger partial charge in [-0.25, -0.2) is 0 Å². The molecule has 8 heteroatoms. The summed E-state index contributed by atoms with van der Waals surface area (Å²) in [4.78, 5) is 35.1. The number of benzene rings is 2. The number of aromatic nitrogens is 2. The second-order valence-corrected chi connectivity index (χ2v) is 11.9. The number of phenols is 2. The number of fused-ring (bicyclic) bond motifs is 2. The van der Waals surface area contributed by atoms with Crippen LogP contribution in [0.3, 0.4) is 0 Å². The van der Waals surface area contributed by atoms with Gasteiger partial charge in [0.05, 0.1) is 13.5 Å². The van der Waals surface area contributed by atoms with Gasteiger partial charge in [-0.05, 0) is 73.4 Å². The molecule has 45 heavy (non-hydrogen) atoms. The number of nitrogens with one attached hydrogen (secondary N) is 1. The fraction of sp³-hybridized carbons (Fsp3) is 0.297. The number of aromatic amines is 1. The minimum Gasteiger partial charge on any atom is -0.664 e. The first-order chi connectivity index (χ1) is 21.9. The summed E-state index contributed by atoms with van der Waals surface area (Å²) in [5.74, 6) is 0.664. The van der Waals surface area contributed by atoms with E-state index in [0.29, 0.717) is 25.1 Å². The SMILES string of the molecule is COc1cc(CCC(=O)CC(=O)[C@@H]2C(C[N-]c3ccc[nH]3)=Cc3[n-]ccc3[C@@H]2C[C@H]2C=Cc3c(O)cccc3CC2)ccc1O. The topological polar surface area (TPSA) is 128 Å². The van der Waals surface area contributed by atoms with Gasteiger partial charge >= 0.3 is 0 Å². The molecule has 0 aliphatic heterocycles. The Balaban J connectivity index is 1.23. The Morgan fingerprint density at radius 2 is 1.98 bits per heavy atom. The molecule has 2 aromatic heterocycles. The van der Waals surface area contributed by atoms with Crippen molar-refractivity contribution in [2.24, 2.45) is 11.8 Å². The van der Waals surface area contributed by atoms with E-state index in [4.69, 9.17) is 10.1 Å². The molecule has 4 aromatic rings. The Morgan fingerprint density at radius 3 is 2.80 bits per heavy atom. The number of aromatic hydroxyl groups is 2. The van der Waals surface area contributed by atoms with Crippen LogP contribution in [0.5, 0.6) is 17.2 Å². The van der Waals surface area contributed by atoms with Crippen molar-refractivity contribution in [3.8, 4) is 17.2 Å². The number of ketones is 2. The number of nitrogens with zero attached hydrogens (tertiary/aromatic N) is 2. The van der Waals surface area contributed by atoms with E-state index in [9.17, 15) is 19.8 Å². The highest BCUT2D eigenvalue weighted by Crippen LogP contribution is 2.45. The van der Waals surface area contributed by atoms with Crippen molar-refractivity contribution in [1.29, 1.82) is 0 Å². The van der Waals surface area contributed by atoms with Gasteiger partial charge in [0, 0.05) is 17.9 Å². The van der Waals surface area contributed by atoms with Crippen LogP contribution in [-0.4, -0.2) is 40.4 Å². The van der Waals surface area contributed by atoms with Gasteiger partial charge in [0.15, 0.2) is 11.5 Å². The van der Waals surface area contributed by atoms with Crippen molar-refractivity contribution in [2.75, 3.05) is 13.7 Å². The van der Waals surface area contributed by atoms with Gasteiger partial charge in [-0.2, -0.15) is 6.20 Å². The number of Topliss-reactive ketones (excluding diaryl/α,β-unsaturated/α-hetero) is 2. The summed E-state index contributed by atoms with van der Waals surface area (Å²) in [6.45, 7) is 0.320. The summed E-state index contributed by atoms with van der Waals surface area (Å²) in [5, 5.41) is 25.1. The molecule has 2 aliphatic carbocycles. The molecule has 2 aromatic carbocycles. The Kier molecular flexibility index (Phi) is 8.91. The first-order valence-corrected chi connectivity index (χ1v) is 15.4. The van der Waals surface area contributed by atoms with Crippen molar-refractivity contribution in [2.45, 2.75) is 44.4 Å². The minimum absolute atomic E-state index is 0.0424. The third-order valence-corrected chi connectivity index (χ3v) is 9.00. The van der Waals surface area contributed by atoms with E-state index in [1.165, 1.54) is 7.11 Å². The summed E-state index contributed by atoms with van der Waals surface area (Å²) >= 11 is 0. The van der Waals surface area contributed by atoms with Crippen LogP contribution in [0.2, 0.25) is 0 Å². The molecule has 8 nitrogen and oxygen atoms in total. The van der Waals surface area contributed by atoms with Crippen molar-refractivity contribution in [3.05, 3.63) is 112 Å². The monoisotopic (exact) mass is 603 g/mol. The van der Waals surface area contributed by atoms with E-state index < -0.39 is 5.92 Å². The zero-order valence-corrected chi connectivity index (χ0v) is 25.3. The van der Waals surface area contributed by atoms with Crippen molar-refractivity contribution >= 4 is 29.5 Å². The zero-order chi connectivity index (χ0) is 31.3. The Hall–Kier alpha value is -4.98. The number of H-pyrrole nitrogens is 1. The molecule has 232 valence electrons. The second-order valence-electron chi connectivity index (χ2n) is 11.9. The number of aryl methyl sites for hydroxylation is 2. The van der Waals surface area contributed by atoms with E-state index in [0.717, 1.165) is 52.2 Å². The largest absolute Gasteiger partial charge is 0.664 e. The van der Waals surface area contributed by atoms with Gasteiger partial charge in [0.25, 0.3) is 0 Å². The smallest absolute Gasteiger partial charge is 0.160 e. The molecule has 0 amide bonds. The van der Waals surface area contributed by atoms with E-state index >= 15 is 0 Å². The van der Waals surface area contributed by atoms with Crippen molar-refractivity contribution in [3.63, 3.8) is 0 Å². The van der Waals surface area contributed by atoms with E-state index in [1.807, 2.05) is 42.6 Å². The number of hydrogen-bond donors (Lipinski definition) is 3. The van der Waals surface area contributed by atoms with Gasteiger partial charge in [-0.1, -0.05) is 77.8 Å². The maximum absolute atomic E-state index is 14.2. The molecule has 0 radical (unpaired) electrons. The standard InChI is InChI=1S/C37H37N3O5/c1-45-35-19-24(10-14-33(35)43)8-12-27(41)21-34(44)37-26(22-40-36-6-3-16-39-36)20-31-29(15-17-38-31)30(37)18-23-7-11-25-4-2-5-32(42)28(25)13-9-23/h2-6,9-10,13-17,19-20,23,30,37,39,42-43H,7-8,11-12,18,21-22H2,1H3/q-2/t23-,30+,37-/m1/s1. The lowest BCUT2D eigenvalue weighted by molar-refractivity contribution is -0.129. The molecule has 3 N–H and O–H groups in total. The van der Waals surface area contributed by atoms with Gasteiger partial charge < -0.3 is 30.2 Å². The van der Waals surface area contributed by atoms with E-state index in [1.54, 1.807) is 30.5 Å². The fourth-order valence-corrected chi connectivity index (χ4v) is 6.69. The number of rotatable bonds is 12. The highest BCUT2D eigenvalue weighted by molar-refractivity contribution is 6.02. The zero-order valence-electron chi connectivity index (χ0n) is 25.3. The van der Waals surface area contributed by atoms with Gasteiger partial charge in [0.2, 0.25) is 0 Å². The molecule has 2 heterocycles. The Morgan fingerprint density at radius 1 is 1.09 bits per heavy atom. The lowest BCUT2D eigenvalue weighted by Gasteiger charge is -2.37.